The Hall–Kier alpha value is -3.24. The molecule has 0 saturated carbocycles. The number of aromatic carboxylic acids is 1. The molecule has 194 valence electrons. The van der Waals surface area contributed by atoms with Crippen LogP contribution in [0.1, 0.15) is 32.1 Å². The lowest BCUT2D eigenvalue weighted by Gasteiger charge is -2.07. The molecule has 2 aromatic carbocycles. The molecule has 0 bridgehead atoms. The van der Waals surface area contributed by atoms with E-state index in [1.54, 1.807) is 58.3 Å². The Kier molecular flexibility index (Phi) is 9.09. The third-order valence-electron chi connectivity index (χ3n) is 4.93. The van der Waals surface area contributed by atoms with Crippen LogP contribution in [0.25, 0.3) is 0 Å². The summed E-state index contributed by atoms with van der Waals surface area (Å²) in [5.41, 5.74) is 1.43. The summed E-state index contributed by atoms with van der Waals surface area (Å²) in [4.78, 5) is 22.2. The van der Waals surface area contributed by atoms with Crippen molar-refractivity contribution in [3.63, 3.8) is 0 Å². The zero-order valence-corrected chi connectivity index (χ0v) is 22.9. The van der Waals surface area contributed by atoms with Gasteiger partial charge in [0.1, 0.15) is 17.1 Å². The predicted octanol–water partition coefficient (Wildman–Crippen LogP) is 7.17. The predicted molar refractivity (Wildman–Crippen MR) is 141 cm³/mol. The summed E-state index contributed by atoms with van der Waals surface area (Å²) in [6, 6.07) is 9.57. The van der Waals surface area contributed by atoms with Gasteiger partial charge in [0.05, 0.1) is 37.0 Å². The summed E-state index contributed by atoms with van der Waals surface area (Å²) in [5.74, 6) is 0.306. The number of aryl methyl sites for hydroxylation is 4. The van der Waals surface area contributed by atoms with E-state index in [1.165, 1.54) is 15.4 Å². The number of hydrogen-bond donors (Lipinski definition) is 1. The highest BCUT2D eigenvalue weighted by Crippen LogP contribution is 2.32. The summed E-state index contributed by atoms with van der Waals surface area (Å²) in [7, 11) is 3.30. The molecular weight excluding hydrogens is 566 g/mol. The Morgan fingerprint density at radius 3 is 1.73 bits per heavy atom. The highest BCUT2D eigenvalue weighted by atomic mass is 35.5. The first kappa shape index (κ1) is 28.3. The third kappa shape index (κ3) is 6.56. The van der Waals surface area contributed by atoms with Crippen molar-refractivity contribution in [1.29, 1.82) is 0 Å². The molecule has 0 saturated heterocycles. The van der Waals surface area contributed by atoms with Crippen molar-refractivity contribution < 1.29 is 24.2 Å². The topological polar surface area (TPSA) is 108 Å². The van der Waals surface area contributed by atoms with Crippen LogP contribution in [0.15, 0.2) is 36.4 Å². The van der Waals surface area contributed by atoms with Crippen molar-refractivity contribution >= 4 is 58.7 Å². The molecule has 4 aromatic rings. The first-order valence-electron chi connectivity index (χ1n) is 10.4. The molecule has 0 atom stereocenters. The van der Waals surface area contributed by atoms with E-state index in [0.29, 0.717) is 54.4 Å². The Labute approximate surface area is 232 Å². The molecule has 0 aliphatic carbocycles. The molecule has 2 aromatic heterocycles. The first-order valence-corrected chi connectivity index (χ1v) is 12.0. The van der Waals surface area contributed by atoms with Gasteiger partial charge in [0, 0.05) is 26.2 Å². The fourth-order valence-corrected chi connectivity index (χ4v) is 3.79. The molecule has 0 fully saturated rings. The van der Waals surface area contributed by atoms with Crippen LogP contribution in [0.2, 0.25) is 20.1 Å². The average molecular weight is 586 g/mol. The maximum absolute atomic E-state index is 11.2. The average Bonchev–Trinajstić information content (AvgIpc) is 3.26. The van der Waals surface area contributed by atoms with E-state index in [0.717, 1.165) is 6.29 Å². The van der Waals surface area contributed by atoms with Crippen molar-refractivity contribution in [2.75, 3.05) is 0 Å². The van der Waals surface area contributed by atoms with Gasteiger partial charge in [-0.3, -0.25) is 4.79 Å². The molecule has 0 radical (unpaired) electrons. The largest absolute Gasteiger partial charge is 0.477 e. The molecule has 0 aliphatic rings. The maximum atomic E-state index is 11.2. The number of aldehydes is 1. The fraction of sp³-hybridized carbons (Fsp3) is 0.167. The summed E-state index contributed by atoms with van der Waals surface area (Å²) in [6.45, 7) is 3.34. The van der Waals surface area contributed by atoms with E-state index in [1.807, 2.05) is 0 Å². The zero-order valence-electron chi connectivity index (χ0n) is 19.9. The highest BCUT2D eigenvalue weighted by molar-refractivity contribution is 6.42. The van der Waals surface area contributed by atoms with Gasteiger partial charge in [-0.15, -0.1) is 0 Å². The summed E-state index contributed by atoms with van der Waals surface area (Å²) >= 11 is 23.4. The molecule has 0 unspecified atom stereocenters. The minimum absolute atomic E-state index is 0.0218. The molecule has 2 heterocycles. The second kappa shape index (κ2) is 11.9. The van der Waals surface area contributed by atoms with Gasteiger partial charge in [-0.05, 0) is 38.1 Å². The number of aromatic nitrogens is 4. The molecule has 13 heteroatoms. The van der Waals surface area contributed by atoms with Gasteiger partial charge >= 0.3 is 5.97 Å². The van der Waals surface area contributed by atoms with Gasteiger partial charge in [-0.25, -0.2) is 14.2 Å². The standard InChI is InChI=1S/C12H10Cl2N2O3.C12H10Cl2N2O2/c1-6-10(12(17)18)11(16(2)15-6)19-7-3-4-8(13)9(14)5-7;1-7-9(6-17)12(16(2)15-7)18-8-3-4-10(13)11(14)5-8/h3-5H,1-2H3,(H,17,18);3-6H,1-2H3. The van der Waals surface area contributed by atoms with Gasteiger partial charge < -0.3 is 14.6 Å². The Bertz CT molecular complexity index is 1480. The lowest BCUT2D eigenvalue weighted by molar-refractivity contribution is 0.0693. The van der Waals surface area contributed by atoms with Crippen LogP contribution in [0, 0.1) is 13.8 Å². The Morgan fingerprint density at radius 2 is 1.27 bits per heavy atom. The lowest BCUT2D eigenvalue weighted by Crippen LogP contribution is -2.01. The second-order valence-corrected chi connectivity index (χ2v) is 9.22. The minimum atomic E-state index is -1.10. The van der Waals surface area contributed by atoms with Crippen LogP contribution in [-0.2, 0) is 14.1 Å². The molecule has 37 heavy (non-hydrogen) atoms. The Balaban J connectivity index is 0.000000206. The summed E-state index contributed by atoms with van der Waals surface area (Å²) < 4.78 is 14.0. The maximum Gasteiger partial charge on any atom is 0.343 e. The highest BCUT2D eigenvalue weighted by Gasteiger charge is 2.22. The van der Waals surface area contributed by atoms with Gasteiger partial charge in [0.25, 0.3) is 0 Å². The molecular formula is C24H20Cl4N4O5. The number of nitrogens with zero attached hydrogens (tertiary/aromatic N) is 4. The van der Waals surface area contributed by atoms with E-state index in [9.17, 15) is 9.59 Å². The van der Waals surface area contributed by atoms with Gasteiger partial charge in [-0.2, -0.15) is 10.2 Å². The third-order valence-corrected chi connectivity index (χ3v) is 6.40. The lowest BCUT2D eigenvalue weighted by atomic mass is 10.2. The van der Waals surface area contributed by atoms with E-state index in [4.69, 9.17) is 61.0 Å². The van der Waals surface area contributed by atoms with Crippen LogP contribution in [0.3, 0.4) is 0 Å². The number of rotatable bonds is 6. The van der Waals surface area contributed by atoms with Crippen LogP contribution < -0.4 is 9.47 Å². The number of hydrogen-bond acceptors (Lipinski definition) is 6. The first-order chi connectivity index (χ1) is 17.4. The number of carboxylic acids is 1. The SMILES string of the molecule is Cc1nn(C)c(Oc2ccc(Cl)c(Cl)c2)c1C(=O)O.Cc1nn(C)c(Oc2ccc(Cl)c(Cl)c2)c1C=O. The number of benzene rings is 2. The second-order valence-electron chi connectivity index (χ2n) is 7.60. The smallest absolute Gasteiger partial charge is 0.343 e. The van der Waals surface area contributed by atoms with Gasteiger partial charge in [0.15, 0.2) is 6.29 Å². The van der Waals surface area contributed by atoms with Crippen LogP contribution in [-0.4, -0.2) is 36.9 Å². The zero-order chi connectivity index (χ0) is 27.4. The normalized spacial score (nSPS) is 10.5. The van der Waals surface area contributed by atoms with Crippen molar-refractivity contribution in [3.8, 4) is 23.3 Å². The van der Waals surface area contributed by atoms with E-state index >= 15 is 0 Å². The molecule has 0 spiro atoms. The Morgan fingerprint density at radius 1 is 0.811 bits per heavy atom. The van der Waals surface area contributed by atoms with E-state index < -0.39 is 5.97 Å². The molecule has 1 N–H and O–H groups in total. The van der Waals surface area contributed by atoms with Crippen molar-refractivity contribution in [3.05, 3.63) is 79.0 Å². The van der Waals surface area contributed by atoms with Gasteiger partial charge in [0.2, 0.25) is 11.8 Å². The van der Waals surface area contributed by atoms with Crippen molar-refractivity contribution in [2.24, 2.45) is 14.1 Å². The van der Waals surface area contributed by atoms with Crippen LogP contribution in [0.5, 0.6) is 23.3 Å². The van der Waals surface area contributed by atoms with Crippen molar-refractivity contribution in [1.82, 2.24) is 19.6 Å². The minimum Gasteiger partial charge on any atom is -0.477 e. The summed E-state index contributed by atoms with van der Waals surface area (Å²) in [5, 5.41) is 18.9. The molecule has 0 aliphatic heterocycles. The number of halogens is 4. The quantitative estimate of drug-likeness (QED) is 0.239. The molecule has 9 nitrogen and oxygen atoms in total. The van der Waals surface area contributed by atoms with Gasteiger partial charge in [-0.1, -0.05) is 46.4 Å². The van der Waals surface area contributed by atoms with Crippen LogP contribution in [0.4, 0.5) is 0 Å². The number of carbonyl (C=O) groups excluding carboxylic acids is 1. The van der Waals surface area contributed by atoms with E-state index in [2.05, 4.69) is 10.2 Å². The molecule has 4 rings (SSSR count). The number of carbonyl (C=O) groups is 2. The molecule has 0 amide bonds. The fourth-order valence-electron chi connectivity index (χ4n) is 3.21. The monoisotopic (exact) mass is 584 g/mol. The summed E-state index contributed by atoms with van der Waals surface area (Å²) in [6.07, 6.45) is 0.717. The number of carboxylic acid groups (broad SMARTS) is 1. The van der Waals surface area contributed by atoms with Crippen molar-refractivity contribution in [2.45, 2.75) is 13.8 Å². The number of ether oxygens (including phenoxy) is 2. The van der Waals surface area contributed by atoms with Crippen LogP contribution >= 0.6 is 46.4 Å². The van der Waals surface area contributed by atoms with E-state index in [-0.39, 0.29) is 11.4 Å².